The maximum Gasteiger partial charge on any atom is 0.312 e. The number of hydrogen-bond donors (Lipinski definition) is 2. The number of nitrogens with one attached hydrogen (secondary N) is 1. The van der Waals surface area contributed by atoms with Gasteiger partial charge >= 0.3 is 6.03 Å². The quantitative estimate of drug-likeness (QED) is 0.846. The van der Waals surface area contributed by atoms with Gasteiger partial charge in [0, 0.05) is 24.2 Å². The molecule has 0 saturated carbocycles. The Bertz CT molecular complexity index is 453. The van der Waals surface area contributed by atoms with Crippen molar-refractivity contribution in [1.82, 2.24) is 10.2 Å². The van der Waals surface area contributed by atoms with Gasteiger partial charge in [0.15, 0.2) is 0 Å². The predicted molar refractivity (Wildman–Crippen MR) is 83.7 cm³/mol. The third kappa shape index (κ3) is 5.44. The number of primary amides is 1. The third-order valence-corrected chi connectivity index (χ3v) is 3.97. The van der Waals surface area contributed by atoms with Crippen molar-refractivity contribution < 1.29 is 9.53 Å². The highest BCUT2D eigenvalue weighted by atomic mass is 35.5. The lowest BCUT2D eigenvalue weighted by molar-refractivity contribution is 0.123. The van der Waals surface area contributed by atoms with Gasteiger partial charge in [-0.15, -0.1) is 0 Å². The molecule has 116 valence electrons. The van der Waals surface area contributed by atoms with Crippen LogP contribution in [0, 0.1) is 0 Å². The second-order valence-electron chi connectivity index (χ2n) is 5.23. The average Bonchev–Trinajstić information content (AvgIpc) is 2.48. The SMILES string of the molecule is NC(=O)NC[C@@H]1CCCCN1CCOc1ccc(Cl)cc1. The van der Waals surface area contributed by atoms with Crippen LogP contribution in [-0.4, -0.2) is 43.2 Å². The Morgan fingerprint density at radius 2 is 2.14 bits per heavy atom. The molecule has 1 atom stereocenters. The van der Waals surface area contributed by atoms with Crippen LogP contribution >= 0.6 is 11.6 Å². The number of nitrogens with zero attached hydrogens (tertiary/aromatic N) is 1. The summed E-state index contributed by atoms with van der Waals surface area (Å²) >= 11 is 5.84. The lowest BCUT2D eigenvalue weighted by atomic mass is 10.0. The number of amides is 2. The minimum absolute atomic E-state index is 0.347. The van der Waals surface area contributed by atoms with E-state index in [0.717, 1.165) is 25.3 Å². The van der Waals surface area contributed by atoms with Crippen LogP contribution in [0.25, 0.3) is 0 Å². The van der Waals surface area contributed by atoms with E-state index < -0.39 is 6.03 Å². The van der Waals surface area contributed by atoms with Crippen molar-refractivity contribution in [3.63, 3.8) is 0 Å². The molecule has 3 N–H and O–H groups in total. The van der Waals surface area contributed by atoms with E-state index in [9.17, 15) is 4.79 Å². The van der Waals surface area contributed by atoms with E-state index in [1.54, 1.807) is 0 Å². The van der Waals surface area contributed by atoms with E-state index in [1.807, 2.05) is 24.3 Å². The van der Waals surface area contributed by atoms with E-state index in [4.69, 9.17) is 22.1 Å². The van der Waals surface area contributed by atoms with Crippen LogP contribution in [0.15, 0.2) is 24.3 Å². The monoisotopic (exact) mass is 311 g/mol. The van der Waals surface area contributed by atoms with Gasteiger partial charge in [-0.25, -0.2) is 4.79 Å². The maximum absolute atomic E-state index is 10.8. The van der Waals surface area contributed by atoms with Crippen molar-refractivity contribution in [2.45, 2.75) is 25.3 Å². The first kappa shape index (κ1) is 15.9. The molecule has 0 unspecified atom stereocenters. The van der Waals surface area contributed by atoms with Gasteiger partial charge < -0.3 is 15.8 Å². The van der Waals surface area contributed by atoms with E-state index >= 15 is 0 Å². The molecular formula is C15H22ClN3O2. The largest absolute Gasteiger partial charge is 0.492 e. The van der Waals surface area contributed by atoms with Crippen LogP contribution in [0.3, 0.4) is 0 Å². The fraction of sp³-hybridized carbons (Fsp3) is 0.533. The zero-order valence-electron chi connectivity index (χ0n) is 12.1. The molecule has 0 aromatic heterocycles. The van der Waals surface area contributed by atoms with Crippen LogP contribution in [0.4, 0.5) is 4.79 Å². The van der Waals surface area contributed by atoms with E-state index in [-0.39, 0.29) is 0 Å². The highest BCUT2D eigenvalue weighted by Crippen LogP contribution is 2.18. The molecule has 0 aliphatic carbocycles. The molecule has 0 spiro atoms. The van der Waals surface area contributed by atoms with Gasteiger partial charge in [0.2, 0.25) is 0 Å². The summed E-state index contributed by atoms with van der Waals surface area (Å²) in [6, 6.07) is 7.25. The first-order valence-electron chi connectivity index (χ1n) is 7.31. The highest BCUT2D eigenvalue weighted by Gasteiger charge is 2.22. The van der Waals surface area contributed by atoms with Gasteiger partial charge in [-0.05, 0) is 43.7 Å². The first-order valence-corrected chi connectivity index (χ1v) is 7.68. The van der Waals surface area contributed by atoms with Crippen LogP contribution in [0.2, 0.25) is 5.02 Å². The Morgan fingerprint density at radius 1 is 1.38 bits per heavy atom. The highest BCUT2D eigenvalue weighted by molar-refractivity contribution is 6.30. The van der Waals surface area contributed by atoms with Crippen LogP contribution in [0.1, 0.15) is 19.3 Å². The Kier molecular flexibility index (Phi) is 6.14. The first-order chi connectivity index (χ1) is 10.1. The smallest absolute Gasteiger partial charge is 0.312 e. The second-order valence-corrected chi connectivity index (χ2v) is 5.67. The number of piperidine rings is 1. The standard InChI is InChI=1S/C15H22ClN3O2/c16-12-4-6-14(7-5-12)21-10-9-19-8-2-1-3-13(19)11-18-15(17)20/h4-7,13H,1-3,8-11H2,(H3,17,18,20)/t13-/m0/s1. The van der Waals surface area contributed by atoms with Gasteiger partial charge in [-0.3, -0.25) is 4.90 Å². The van der Waals surface area contributed by atoms with Gasteiger partial charge in [0.25, 0.3) is 0 Å². The van der Waals surface area contributed by atoms with Crippen molar-refractivity contribution >= 4 is 17.6 Å². The summed E-state index contributed by atoms with van der Waals surface area (Å²) in [5.41, 5.74) is 5.14. The molecule has 1 saturated heterocycles. The summed E-state index contributed by atoms with van der Waals surface area (Å²) in [7, 11) is 0. The molecule has 6 heteroatoms. The number of carbonyl (C=O) groups excluding carboxylic acids is 1. The summed E-state index contributed by atoms with van der Waals surface area (Å²) in [4.78, 5) is 13.2. The number of benzene rings is 1. The fourth-order valence-corrected chi connectivity index (χ4v) is 2.74. The van der Waals surface area contributed by atoms with Gasteiger partial charge in [-0.1, -0.05) is 18.0 Å². The van der Waals surface area contributed by atoms with Crippen LogP contribution < -0.4 is 15.8 Å². The Morgan fingerprint density at radius 3 is 2.86 bits per heavy atom. The zero-order chi connectivity index (χ0) is 15.1. The maximum atomic E-state index is 10.8. The summed E-state index contributed by atoms with van der Waals surface area (Å²) in [5.74, 6) is 0.822. The summed E-state index contributed by atoms with van der Waals surface area (Å²) in [6.07, 6.45) is 3.47. The van der Waals surface area contributed by atoms with Crippen molar-refractivity contribution in [3.8, 4) is 5.75 Å². The van der Waals surface area contributed by atoms with Crippen molar-refractivity contribution in [1.29, 1.82) is 0 Å². The summed E-state index contributed by atoms with van der Waals surface area (Å²) < 4.78 is 5.73. The van der Waals surface area contributed by atoms with Crippen molar-refractivity contribution in [3.05, 3.63) is 29.3 Å². The molecule has 0 radical (unpaired) electrons. The van der Waals surface area contributed by atoms with Crippen LogP contribution in [-0.2, 0) is 0 Å². The second kappa shape index (κ2) is 8.10. The molecule has 0 bridgehead atoms. The Labute approximate surface area is 130 Å². The number of hydrogen-bond acceptors (Lipinski definition) is 3. The van der Waals surface area contributed by atoms with Gasteiger partial charge in [-0.2, -0.15) is 0 Å². The molecule has 1 fully saturated rings. The molecule has 2 amide bonds. The minimum atomic E-state index is -0.460. The molecule has 21 heavy (non-hydrogen) atoms. The number of nitrogens with two attached hydrogens (primary N) is 1. The molecule has 1 aromatic carbocycles. The molecule has 1 aliphatic heterocycles. The molecule has 2 rings (SSSR count). The zero-order valence-corrected chi connectivity index (χ0v) is 12.8. The van der Waals surface area contributed by atoms with E-state index in [1.165, 1.54) is 12.8 Å². The van der Waals surface area contributed by atoms with E-state index in [2.05, 4.69) is 10.2 Å². The Balaban J connectivity index is 1.76. The lowest BCUT2D eigenvalue weighted by Gasteiger charge is -2.35. The fourth-order valence-electron chi connectivity index (χ4n) is 2.62. The minimum Gasteiger partial charge on any atom is -0.492 e. The number of urea groups is 1. The normalized spacial score (nSPS) is 19.2. The molecule has 1 aliphatic rings. The average molecular weight is 312 g/mol. The Hall–Kier alpha value is -1.46. The third-order valence-electron chi connectivity index (χ3n) is 3.72. The molecular weight excluding hydrogens is 290 g/mol. The molecule has 1 aromatic rings. The predicted octanol–water partition coefficient (Wildman–Crippen LogP) is 2.24. The summed E-state index contributed by atoms with van der Waals surface area (Å²) in [6.45, 7) is 3.10. The van der Waals surface area contributed by atoms with Crippen molar-refractivity contribution in [2.24, 2.45) is 5.73 Å². The number of ether oxygens (including phenoxy) is 1. The molecule has 1 heterocycles. The van der Waals surface area contributed by atoms with Crippen LogP contribution in [0.5, 0.6) is 5.75 Å². The number of carbonyl (C=O) groups is 1. The number of halogens is 1. The number of rotatable bonds is 6. The lowest BCUT2D eigenvalue weighted by Crippen LogP contribution is -2.48. The van der Waals surface area contributed by atoms with Crippen molar-refractivity contribution in [2.75, 3.05) is 26.2 Å². The summed E-state index contributed by atoms with van der Waals surface area (Å²) in [5, 5.41) is 3.41. The topological polar surface area (TPSA) is 67.6 Å². The number of likely N-dealkylation sites (tertiary alicyclic amines) is 1. The van der Waals surface area contributed by atoms with Gasteiger partial charge in [0.1, 0.15) is 12.4 Å². The van der Waals surface area contributed by atoms with E-state index in [0.29, 0.717) is 24.2 Å². The molecule has 5 nitrogen and oxygen atoms in total. The van der Waals surface area contributed by atoms with Gasteiger partial charge in [0.05, 0.1) is 0 Å².